The van der Waals surface area contributed by atoms with Crippen molar-refractivity contribution >= 4 is 62.2 Å². The van der Waals surface area contributed by atoms with Crippen molar-refractivity contribution in [3.8, 4) is 5.75 Å². The minimum Gasteiger partial charge on any atom is -0.496 e. The third kappa shape index (κ3) is 6.33. The molecule has 9 nitrogen and oxygen atoms in total. The molecule has 5 rings (SSSR count). The molecule has 2 N–H and O–H groups in total. The molecule has 0 unspecified atom stereocenters. The number of hydrogen-bond donors (Lipinski definition) is 2. The van der Waals surface area contributed by atoms with Crippen LogP contribution in [0, 0.1) is 0 Å². The number of carbonyl (C=O) groups excluding carboxylic acids is 1. The second kappa shape index (κ2) is 12.6. The van der Waals surface area contributed by atoms with E-state index in [2.05, 4.69) is 30.5 Å². The van der Waals surface area contributed by atoms with E-state index in [0.29, 0.717) is 31.9 Å². The van der Waals surface area contributed by atoms with Gasteiger partial charge in [0, 0.05) is 42.2 Å². The highest BCUT2D eigenvalue weighted by atomic mass is 79.9. The summed E-state index contributed by atoms with van der Waals surface area (Å²) >= 11 is 5.06. The zero-order valence-corrected chi connectivity index (χ0v) is 24.1. The van der Waals surface area contributed by atoms with Crippen LogP contribution in [0.3, 0.4) is 0 Å². The molecule has 40 heavy (non-hydrogen) atoms. The van der Waals surface area contributed by atoms with Crippen molar-refractivity contribution in [2.45, 2.75) is 11.5 Å². The molecule has 0 saturated carbocycles. The van der Waals surface area contributed by atoms with Gasteiger partial charge >= 0.3 is 12.1 Å². The Kier molecular flexibility index (Phi) is 8.73. The van der Waals surface area contributed by atoms with Crippen LogP contribution < -0.4 is 10.1 Å². The number of hydrogen-bond acceptors (Lipinski definition) is 8. The van der Waals surface area contributed by atoms with Crippen LogP contribution in [0.5, 0.6) is 5.75 Å². The van der Waals surface area contributed by atoms with Gasteiger partial charge in [-0.2, -0.15) is 0 Å². The van der Waals surface area contributed by atoms with Gasteiger partial charge in [0.2, 0.25) is 0 Å². The number of nitrogens with one attached hydrogen (secondary N) is 1. The highest BCUT2D eigenvalue weighted by Crippen LogP contribution is 2.39. The molecular weight excluding hydrogens is 596 g/mol. The zero-order valence-electron chi connectivity index (χ0n) is 21.7. The van der Waals surface area contributed by atoms with Crippen LogP contribution in [-0.4, -0.2) is 64.6 Å². The van der Waals surface area contributed by atoms with Crippen LogP contribution in [0.15, 0.2) is 82.3 Å². The van der Waals surface area contributed by atoms with Gasteiger partial charge in [-0.25, -0.2) is 13.9 Å². The van der Waals surface area contributed by atoms with E-state index < -0.39 is 5.97 Å². The van der Waals surface area contributed by atoms with Gasteiger partial charge in [-0.3, -0.25) is 4.98 Å². The first-order valence-corrected chi connectivity index (χ1v) is 14.1. The van der Waals surface area contributed by atoms with Gasteiger partial charge in [0.25, 0.3) is 0 Å². The highest BCUT2D eigenvalue weighted by molar-refractivity contribution is 9.10. The number of fused-ring (bicyclic) bond motifs is 1. The number of amides is 1. The van der Waals surface area contributed by atoms with Crippen LogP contribution in [-0.2, 0) is 11.3 Å². The summed E-state index contributed by atoms with van der Waals surface area (Å²) < 4.78 is 13.9. The van der Waals surface area contributed by atoms with E-state index in [4.69, 9.17) is 9.47 Å². The quantitative estimate of drug-likeness (QED) is 0.216. The smallest absolute Gasteiger partial charge is 0.410 e. The Bertz CT molecular complexity index is 1530. The molecule has 0 bridgehead atoms. The number of pyridine rings is 1. The fourth-order valence-corrected chi connectivity index (χ4v) is 5.75. The van der Waals surface area contributed by atoms with E-state index in [0.717, 1.165) is 31.5 Å². The van der Waals surface area contributed by atoms with E-state index >= 15 is 0 Å². The van der Waals surface area contributed by atoms with Crippen LogP contribution in [0.4, 0.5) is 16.2 Å². The topological polar surface area (TPSA) is 104 Å². The molecule has 0 radical (unpaired) electrons. The normalized spacial score (nSPS) is 13.7. The van der Waals surface area contributed by atoms with Gasteiger partial charge < -0.3 is 24.8 Å². The molecule has 1 fully saturated rings. The summed E-state index contributed by atoms with van der Waals surface area (Å²) in [6.07, 6.45) is 1.46. The third-order valence-electron chi connectivity index (χ3n) is 6.44. The number of halogens is 1. The van der Waals surface area contributed by atoms with Crippen LogP contribution in [0.25, 0.3) is 10.9 Å². The number of anilines is 2. The van der Waals surface area contributed by atoms with Crippen molar-refractivity contribution in [3.05, 3.63) is 88.5 Å². The monoisotopic (exact) mass is 622 g/mol. The summed E-state index contributed by atoms with van der Waals surface area (Å²) in [6, 6.07) is 20.5. The SMILES string of the molecule is COc1cccc(Nc2c(SN3CCN(C(=O)OCc4ccccc4)CC3)cnc3ccc(Br)cc23)c1C(=O)O. The van der Waals surface area contributed by atoms with E-state index in [1.807, 2.05) is 48.5 Å². The molecule has 0 aliphatic carbocycles. The highest BCUT2D eigenvalue weighted by Gasteiger charge is 2.25. The molecule has 3 aromatic carbocycles. The van der Waals surface area contributed by atoms with Crippen LogP contribution in [0.2, 0.25) is 0 Å². The van der Waals surface area contributed by atoms with Gasteiger partial charge in [0.1, 0.15) is 17.9 Å². The first-order valence-electron chi connectivity index (χ1n) is 12.6. The number of ether oxygens (including phenoxy) is 2. The Morgan fingerprint density at radius 3 is 2.55 bits per heavy atom. The van der Waals surface area contributed by atoms with Gasteiger partial charge in [-0.1, -0.05) is 52.3 Å². The minimum atomic E-state index is -1.09. The summed E-state index contributed by atoms with van der Waals surface area (Å²) in [5.41, 5.74) is 2.90. The Balaban J connectivity index is 1.34. The lowest BCUT2D eigenvalue weighted by atomic mass is 10.1. The second-order valence-electron chi connectivity index (χ2n) is 9.02. The number of methoxy groups -OCH3 is 1. The zero-order chi connectivity index (χ0) is 28.1. The van der Waals surface area contributed by atoms with Crippen molar-refractivity contribution in [2.75, 3.05) is 38.6 Å². The Morgan fingerprint density at radius 1 is 1.05 bits per heavy atom. The van der Waals surface area contributed by atoms with Crippen molar-refractivity contribution < 1.29 is 24.2 Å². The van der Waals surface area contributed by atoms with Crippen molar-refractivity contribution in [1.82, 2.24) is 14.2 Å². The lowest BCUT2D eigenvalue weighted by molar-refractivity contribution is 0.0694. The van der Waals surface area contributed by atoms with Crippen LogP contribution in [0.1, 0.15) is 15.9 Å². The lowest BCUT2D eigenvalue weighted by Gasteiger charge is -2.33. The maximum Gasteiger partial charge on any atom is 0.410 e. The molecule has 2 heterocycles. The van der Waals surface area contributed by atoms with Crippen molar-refractivity contribution in [3.63, 3.8) is 0 Å². The number of aromatic carboxylic acids is 1. The number of piperazine rings is 1. The lowest BCUT2D eigenvalue weighted by Crippen LogP contribution is -2.46. The fraction of sp³-hybridized carbons (Fsp3) is 0.207. The van der Waals surface area contributed by atoms with Gasteiger partial charge in [0.05, 0.1) is 28.9 Å². The molecular formula is C29H27BrN4O5S. The number of carboxylic acid groups (broad SMARTS) is 1. The van der Waals surface area contributed by atoms with Gasteiger partial charge in [0.15, 0.2) is 0 Å². The summed E-state index contributed by atoms with van der Waals surface area (Å²) in [6.45, 7) is 2.54. The molecule has 11 heteroatoms. The van der Waals surface area contributed by atoms with Gasteiger partial charge in [-0.05, 0) is 47.8 Å². The molecule has 1 aromatic heterocycles. The first-order chi connectivity index (χ1) is 19.4. The molecule has 1 saturated heterocycles. The maximum absolute atomic E-state index is 12.6. The van der Waals surface area contributed by atoms with E-state index in [-0.39, 0.29) is 24.0 Å². The number of aromatic nitrogens is 1. The molecule has 0 atom stereocenters. The fourth-order valence-electron chi connectivity index (χ4n) is 4.42. The molecule has 4 aromatic rings. The third-order valence-corrected chi connectivity index (χ3v) is 8.07. The van der Waals surface area contributed by atoms with E-state index in [1.165, 1.54) is 19.1 Å². The van der Waals surface area contributed by atoms with Crippen molar-refractivity contribution in [2.24, 2.45) is 0 Å². The molecule has 1 amide bonds. The Labute approximate surface area is 244 Å². The number of nitrogens with zero attached hydrogens (tertiary/aromatic N) is 3. The first kappa shape index (κ1) is 27.8. The Hall–Kier alpha value is -3.80. The number of rotatable bonds is 8. The average molecular weight is 624 g/mol. The average Bonchev–Trinajstić information content (AvgIpc) is 2.97. The summed E-state index contributed by atoms with van der Waals surface area (Å²) in [5.74, 6) is -0.828. The molecule has 206 valence electrons. The standard InChI is InChI=1S/C29H27BrN4O5S/c1-38-24-9-5-8-23(26(24)28(35)36)32-27-21-16-20(30)10-11-22(21)31-17-25(27)40-34-14-12-33(13-15-34)29(37)39-18-19-6-3-2-4-7-19/h2-11,16-17H,12-15,18H2,1H3,(H,31,32)(H,35,36). The van der Waals surface area contributed by atoms with Crippen molar-refractivity contribution in [1.29, 1.82) is 0 Å². The number of carboxylic acids is 1. The largest absolute Gasteiger partial charge is 0.496 e. The maximum atomic E-state index is 12.6. The van der Waals surface area contributed by atoms with E-state index in [9.17, 15) is 14.7 Å². The van der Waals surface area contributed by atoms with Gasteiger partial charge in [-0.15, -0.1) is 0 Å². The number of carbonyl (C=O) groups is 2. The Morgan fingerprint density at radius 2 is 1.82 bits per heavy atom. The van der Waals surface area contributed by atoms with Crippen LogP contribution >= 0.6 is 27.9 Å². The van der Waals surface area contributed by atoms with E-state index in [1.54, 1.807) is 29.3 Å². The molecule has 0 spiro atoms. The molecule has 1 aliphatic heterocycles. The summed E-state index contributed by atoms with van der Waals surface area (Å²) in [4.78, 5) is 31.9. The summed E-state index contributed by atoms with van der Waals surface area (Å²) in [7, 11) is 1.45. The molecule has 1 aliphatic rings. The predicted molar refractivity (Wildman–Crippen MR) is 158 cm³/mol. The summed E-state index contributed by atoms with van der Waals surface area (Å²) in [5, 5.41) is 14.1. The predicted octanol–water partition coefficient (Wildman–Crippen LogP) is 6.41. The number of benzene rings is 3. The minimum absolute atomic E-state index is 0.0449. The second-order valence-corrected chi connectivity index (χ2v) is 11.1.